The van der Waals surface area contributed by atoms with Crippen molar-refractivity contribution in [2.24, 2.45) is 0 Å². The van der Waals surface area contributed by atoms with Crippen molar-refractivity contribution in [1.82, 2.24) is 19.7 Å². The maximum Gasteiger partial charge on any atom is 0.237 e. The third-order valence-corrected chi connectivity index (χ3v) is 5.41. The lowest BCUT2D eigenvalue weighted by molar-refractivity contribution is -0.115. The number of amides is 1. The van der Waals surface area contributed by atoms with Gasteiger partial charge < -0.3 is 5.32 Å². The van der Waals surface area contributed by atoms with E-state index in [1.54, 1.807) is 19.3 Å². The molecule has 1 fully saturated rings. The van der Waals surface area contributed by atoms with Crippen molar-refractivity contribution in [1.29, 1.82) is 0 Å². The summed E-state index contributed by atoms with van der Waals surface area (Å²) in [4.78, 5) is 16.5. The van der Waals surface area contributed by atoms with Gasteiger partial charge in [0.2, 0.25) is 5.91 Å². The first-order chi connectivity index (χ1) is 13.5. The summed E-state index contributed by atoms with van der Waals surface area (Å²) in [7, 11) is 0. The lowest BCUT2D eigenvalue weighted by Crippen LogP contribution is -2.23. The summed E-state index contributed by atoms with van der Waals surface area (Å²) in [6, 6.07) is 6.96. The number of nitrogens with one attached hydrogen (secondary N) is 1. The summed E-state index contributed by atoms with van der Waals surface area (Å²) in [5.41, 5.74) is 0.721. The van der Waals surface area contributed by atoms with E-state index in [9.17, 15) is 13.6 Å². The SMILES string of the molecule is C[C@@H](Sc1nnc(-c2ccncc2)n1C1CC1)C(=O)Nc1cc(F)ccc1F. The van der Waals surface area contributed by atoms with Crippen molar-refractivity contribution in [3.8, 4) is 11.4 Å². The Kier molecular flexibility index (Phi) is 5.08. The summed E-state index contributed by atoms with van der Waals surface area (Å²) in [5, 5.41) is 11.0. The zero-order chi connectivity index (χ0) is 19.7. The molecule has 1 N–H and O–H groups in total. The molecule has 6 nitrogen and oxygen atoms in total. The minimum absolute atomic E-state index is 0.182. The predicted octanol–water partition coefficient (Wildman–Crippen LogP) is 4.07. The number of thioether (sulfide) groups is 1. The molecule has 0 unspecified atom stereocenters. The van der Waals surface area contributed by atoms with Crippen molar-refractivity contribution in [2.75, 3.05) is 5.32 Å². The van der Waals surface area contributed by atoms with Crippen LogP contribution in [-0.2, 0) is 4.79 Å². The van der Waals surface area contributed by atoms with Crippen LogP contribution in [0.2, 0.25) is 0 Å². The van der Waals surface area contributed by atoms with Crippen LogP contribution in [-0.4, -0.2) is 30.9 Å². The van der Waals surface area contributed by atoms with Gasteiger partial charge in [-0.2, -0.15) is 0 Å². The maximum absolute atomic E-state index is 13.8. The van der Waals surface area contributed by atoms with Gasteiger partial charge in [0.1, 0.15) is 11.6 Å². The molecular weight excluding hydrogens is 384 g/mol. The average molecular weight is 401 g/mol. The van der Waals surface area contributed by atoms with E-state index < -0.39 is 22.8 Å². The molecule has 1 aliphatic rings. The molecule has 28 heavy (non-hydrogen) atoms. The molecule has 2 heterocycles. The van der Waals surface area contributed by atoms with Crippen LogP contribution in [0, 0.1) is 11.6 Å². The lowest BCUT2D eigenvalue weighted by atomic mass is 10.2. The second kappa shape index (κ2) is 7.67. The molecule has 144 valence electrons. The van der Waals surface area contributed by atoms with Crippen LogP contribution in [0.1, 0.15) is 25.8 Å². The molecule has 1 amide bonds. The van der Waals surface area contributed by atoms with Gasteiger partial charge >= 0.3 is 0 Å². The highest BCUT2D eigenvalue weighted by Gasteiger charge is 2.31. The molecule has 0 radical (unpaired) electrons. The molecule has 3 aromatic rings. The number of carbonyl (C=O) groups excluding carboxylic acids is 1. The Morgan fingerprint density at radius 2 is 1.96 bits per heavy atom. The smallest absolute Gasteiger partial charge is 0.237 e. The summed E-state index contributed by atoms with van der Waals surface area (Å²) in [6.07, 6.45) is 5.44. The van der Waals surface area contributed by atoms with E-state index in [4.69, 9.17) is 0 Å². The number of nitrogens with zero attached hydrogens (tertiary/aromatic N) is 4. The van der Waals surface area contributed by atoms with Gasteiger partial charge in [0, 0.05) is 30.1 Å². The lowest BCUT2D eigenvalue weighted by Gasteiger charge is -2.14. The quantitative estimate of drug-likeness (QED) is 0.631. The summed E-state index contributed by atoms with van der Waals surface area (Å²) < 4.78 is 29.1. The first-order valence-electron chi connectivity index (χ1n) is 8.81. The van der Waals surface area contributed by atoms with Gasteiger partial charge in [-0.1, -0.05) is 11.8 Å². The number of rotatable bonds is 6. The third-order valence-electron chi connectivity index (χ3n) is 4.35. The molecule has 1 saturated carbocycles. The van der Waals surface area contributed by atoms with Crippen molar-refractivity contribution in [2.45, 2.75) is 36.2 Å². The predicted molar refractivity (Wildman–Crippen MR) is 102 cm³/mol. The highest BCUT2D eigenvalue weighted by Crippen LogP contribution is 2.41. The van der Waals surface area contributed by atoms with E-state index in [0.29, 0.717) is 11.2 Å². The van der Waals surface area contributed by atoms with Gasteiger partial charge in [-0.05, 0) is 44.0 Å². The molecule has 2 aromatic heterocycles. The number of anilines is 1. The number of halogens is 2. The Hall–Kier alpha value is -2.81. The normalized spacial score (nSPS) is 14.7. The molecular formula is C19H17F2N5OS. The summed E-state index contributed by atoms with van der Waals surface area (Å²) in [5.74, 6) is -1.01. The standard InChI is InChI=1S/C19H17F2N5OS/c1-11(18(27)23-16-10-13(20)2-5-15(16)21)28-19-25-24-17(26(19)14-3-4-14)12-6-8-22-9-7-12/h2,5-11,14H,3-4H2,1H3,(H,23,27)/t11-/m1/s1. The molecule has 0 aliphatic heterocycles. The minimum Gasteiger partial charge on any atom is -0.323 e. The summed E-state index contributed by atoms with van der Waals surface area (Å²) in [6.45, 7) is 1.69. The Morgan fingerprint density at radius 1 is 1.21 bits per heavy atom. The number of carbonyl (C=O) groups is 1. The van der Waals surface area contributed by atoms with Crippen LogP contribution in [0.15, 0.2) is 47.9 Å². The van der Waals surface area contributed by atoms with Gasteiger partial charge in [0.05, 0.1) is 10.9 Å². The average Bonchev–Trinajstić information content (AvgIpc) is 3.45. The molecule has 0 spiro atoms. The van der Waals surface area contributed by atoms with E-state index in [0.717, 1.165) is 42.4 Å². The fourth-order valence-corrected chi connectivity index (χ4v) is 3.68. The molecule has 1 aromatic carbocycles. The number of hydrogen-bond acceptors (Lipinski definition) is 5. The van der Waals surface area contributed by atoms with Crippen LogP contribution in [0.3, 0.4) is 0 Å². The zero-order valence-electron chi connectivity index (χ0n) is 15.0. The van der Waals surface area contributed by atoms with E-state index in [-0.39, 0.29) is 5.69 Å². The zero-order valence-corrected chi connectivity index (χ0v) is 15.8. The Morgan fingerprint density at radius 3 is 2.68 bits per heavy atom. The van der Waals surface area contributed by atoms with Crippen LogP contribution < -0.4 is 5.32 Å². The van der Waals surface area contributed by atoms with Crippen molar-refractivity contribution in [3.05, 3.63) is 54.4 Å². The molecule has 0 saturated heterocycles. The van der Waals surface area contributed by atoms with Gasteiger partial charge in [-0.15, -0.1) is 10.2 Å². The van der Waals surface area contributed by atoms with Gasteiger partial charge in [0.15, 0.2) is 11.0 Å². The number of hydrogen-bond donors (Lipinski definition) is 1. The number of pyridine rings is 1. The van der Waals surface area contributed by atoms with E-state index >= 15 is 0 Å². The summed E-state index contributed by atoms with van der Waals surface area (Å²) >= 11 is 1.24. The van der Waals surface area contributed by atoms with Gasteiger partial charge in [-0.3, -0.25) is 14.3 Å². The van der Waals surface area contributed by atoms with Gasteiger partial charge in [-0.25, -0.2) is 8.78 Å². The largest absolute Gasteiger partial charge is 0.323 e. The third kappa shape index (κ3) is 3.89. The Labute approximate surface area is 164 Å². The topological polar surface area (TPSA) is 72.7 Å². The van der Waals surface area contributed by atoms with Gasteiger partial charge in [0.25, 0.3) is 0 Å². The van der Waals surface area contributed by atoms with Crippen LogP contribution >= 0.6 is 11.8 Å². The molecule has 4 rings (SSSR count). The van der Waals surface area contributed by atoms with E-state index in [1.807, 2.05) is 16.7 Å². The van der Waals surface area contributed by atoms with E-state index in [1.165, 1.54) is 11.8 Å². The molecule has 1 aliphatic carbocycles. The maximum atomic E-state index is 13.8. The van der Waals surface area contributed by atoms with Crippen molar-refractivity contribution in [3.63, 3.8) is 0 Å². The number of aromatic nitrogens is 4. The molecule has 1 atom stereocenters. The monoisotopic (exact) mass is 401 g/mol. The molecule has 9 heteroatoms. The van der Waals surface area contributed by atoms with E-state index in [2.05, 4.69) is 20.5 Å². The second-order valence-electron chi connectivity index (χ2n) is 6.52. The van der Waals surface area contributed by atoms with Crippen LogP contribution in [0.5, 0.6) is 0 Å². The van der Waals surface area contributed by atoms with Crippen LogP contribution in [0.25, 0.3) is 11.4 Å². The highest BCUT2D eigenvalue weighted by molar-refractivity contribution is 8.00. The van der Waals surface area contributed by atoms with Crippen molar-refractivity contribution < 1.29 is 13.6 Å². The fourth-order valence-electron chi connectivity index (χ4n) is 2.76. The first kappa shape index (κ1) is 18.5. The first-order valence-corrected chi connectivity index (χ1v) is 9.69. The second-order valence-corrected chi connectivity index (χ2v) is 7.82. The Balaban J connectivity index is 1.53. The highest BCUT2D eigenvalue weighted by atomic mass is 32.2. The fraction of sp³-hybridized carbons (Fsp3) is 0.263. The van der Waals surface area contributed by atoms with Crippen LogP contribution in [0.4, 0.5) is 14.5 Å². The van der Waals surface area contributed by atoms with Crippen molar-refractivity contribution >= 4 is 23.4 Å². The molecule has 0 bridgehead atoms. The minimum atomic E-state index is -0.687. The number of benzene rings is 1. The Bertz CT molecular complexity index is 1010.